The van der Waals surface area contributed by atoms with Gasteiger partial charge in [0.2, 0.25) is 41.4 Å². The van der Waals surface area contributed by atoms with Crippen LogP contribution < -0.4 is 49.1 Å². The summed E-state index contributed by atoms with van der Waals surface area (Å²) in [5, 5.41) is 32.4. The van der Waals surface area contributed by atoms with Crippen LogP contribution in [0.25, 0.3) is 0 Å². The molecule has 0 unspecified atom stereocenters. The van der Waals surface area contributed by atoms with Gasteiger partial charge in [-0.05, 0) is 64.8 Å². The second kappa shape index (κ2) is 23.5. The highest BCUT2D eigenvalue weighted by Crippen LogP contribution is 2.06. The summed E-state index contributed by atoms with van der Waals surface area (Å²) in [6, 6.07) is -7.38. The third kappa shape index (κ3) is 19.2. The Morgan fingerprint density at radius 3 is 1.66 bits per heavy atom. The first-order chi connectivity index (χ1) is 23.3. The summed E-state index contributed by atoms with van der Waals surface area (Å²) >= 11 is 0. The molecule has 0 saturated carbocycles. The average molecular weight is 716 g/mol. The van der Waals surface area contributed by atoms with Crippen molar-refractivity contribution in [3.63, 3.8) is 0 Å². The minimum Gasteiger partial charge on any atom is -0.481 e. The highest BCUT2D eigenvalue weighted by Gasteiger charge is 2.29. The Kier molecular flexibility index (Phi) is 21.2. The van der Waals surface area contributed by atoms with Gasteiger partial charge in [-0.15, -0.1) is 0 Å². The lowest BCUT2D eigenvalue weighted by molar-refractivity contribution is -0.142. The summed E-state index contributed by atoms with van der Waals surface area (Å²) in [6.45, 7) is 5.89. The number of aliphatic carboxylic acids is 2. The van der Waals surface area contributed by atoms with E-state index in [0.29, 0.717) is 25.8 Å². The van der Waals surface area contributed by atoms with Gasteiger partial charge in [-0.25, -0.2) is 4.79 Å². The molecule has 20 heteroatoms. The van der Waals surface area contributed by atoms with Crippen molar-refractivity contribution in [3.8, 4) is 0 Å². The Balaban J connectivity index is 5.38. The Labute approximate surface area is 290 Å². The molecule has 20 nitrogen and oxygen atoms in total. The van der Waals surface area contributed by atoms with E-state index in [1.807, 2.05) is 13.8 Å². The van der Waals surface area contributed by atoms with Gasteiger partial charge in [0.25, 0.3) is 0 Å². The monoisotopic (exact) mass is 715 g/mol. The minimum atomic E-state index is -1.41. The Morgan fingerprint density at radius 2 is 1.14 bits per heavy atom. The molecule has 50 heavy (non-hydrogen) atoms. The van der Waals surface area contributed by atoms with Gasteiger partial charge in [-0.3, -0.25) is 38.4 Å². The molecule has 0 aliphatic rings. The van der Waals surface area contributed by atoms with E-state index in [1.165, 1.54) is 13.8 Å². The molecule has 0 fully saturated rings. The van der Waals surface area contributed by atoms with E-state index in [2.05, 4.69) is 31.9 Å². The second-order valence-corrected chi connectivity index (χ2v) is 12.2. The standard InChI is InChI=1S/C30H53N9O11/c1-15(2)13-18(32)27(46)38-19(9-11-24(42)43)28(47)34-14-23(41)37-20(8-10-22(33)40)29(48)36-16(3)25(44)35-17(4)26(45)39-21(30(49)50)7-5-6-12-31/h15-21H,5-14,31-32H2,1-4H3,(H2,33,40)(H,34,47)(H,35,44)(H,36,48)(H,37,41)(H,38,46)(H,39,45)(H,42,43)(H,49,50)/t16-,17-,18-,19-,20-,21-/m0/s1. The number of carboxylic acid groups (broad SMARTS) is 2. The fourth-order valence-corrected chi connectivity index (χ4v) is 4.35. The molecule has 6 atom stereocenters. The molecule has 0 aliphatic heterocycles. The normalized spacial score (nSPS) is 14.5. The number of unbranched alkanes of at least 4 members (excludes halogenated alkanes) is 1. The van der Waals surface area contributed by atoms with E-state index in [1.54, 1.807) is 0 Å². The average Bonchev–Trinajstić information content (AvgIpc) is 3.02. The van der Waals surface area contributed by atoms with Crippen LogP contribution in [0, 0.1) is 5.92 Å². The first-order valence-corrected chi connectivity index (χ1v) is 16.3. The lowest BCUT2D eigenvalue weighted by Gasteiger charge is -2.23. The van der Waals surface area contributed by atoms with Gasteiger partial charge in [0.1, 0.15) is 30.2 Å². The van der Waals surface area contributed by atoms with E-state index in [0.717, 1.165) is 0 Å². The maximum Gasteiger partial charge on any atom is 0.326 e. The highest BCUT2D eigenvalue weighted by atomic mass is 16.4. The van der Waals surface area contributed by atoms with Crippen LogP contribution in [0.5, 0.6) is 0 Å². The largest absolute Gasteiger partial charge is 0.481 e. The lowest BCUT2D eigenvalue weighted by Crippen LogP contribution is -2.57. The smallest absolute Gasteiger partial charge is 0.326 e. The van der Waals surface area contributed by atoms with Gasteiger partial charge in [0, 0.05) is 12.8 Å². The van der Waals surface area contributed by atoms with Gasteiger partial charge < -0.3 is 59.3 Å². The van der Waals surface area contributed by atoms with Crippen LogP contribution in [-0.4, -0.2) is 113 Å². The predicted octanol–water partition coefficient (Wildman–Crippen LogP) is -3.72. The number of rotatable bonds is 25. The van der Waals surface area contributed by atoms with Gasteiger partial charge in [0.15, 0.2) is 0 Å². The summed E-state index contributed by atoms with van der Waals surface area (Å²) < 4.78 is 0. The van der Waals surface area contributed by atoms with Crippen LogP contribution in [0.1, 0.15) is 79.1 Å². The fraction of sp³-hybridized carbons (Fsp3) is 0.700. The first kappa shape index (κ1) is 45.2. The number of carbonyl (C=O) groups is 9. The zero-order chi connectivity index (χ0) is 38.6. The minimum absolute atomic E-state index is 0.0631. The van der Waals surface area contributed by atoms with E-state index < -0.39 is 103 Å². The first-order valence-electron chi connectivity index (χ1n) is 16.3. The topological polar surface area (TPSA) is 344 Å². The molecule has 0 heterocycles. The van der Waals surface area contributed by atoms with Crippen molar-refractivity contribution in [3.05, 3.63) is 0 Å². The number of carbonyl (C=O) groups excluding carboxylic acids is 7. The molecular weight excluding hydrogens is 662 g/mol. The number of hydrogen-bond donors (Lipinski definition) is 11. The molecule has 284 valence electrons. The second-order valence-electron chi connectivity index (χ2n) is 12.2. The number of nitrogens with two attached hydrogens (primary N) is 3. The predicted molar refractivity (Wildman–Crippen MR) is 177 cm³/mol. The molecule has 0 aromatic heterocycles. The third-order valence-corrected chi connectivity index (χ3v) is 7.16. The van der Waals surface area contributed by atoms with Crippen molar-refractivity contribution in [2.24, 2.45) is 23.1 Å². The fourth-order valence-electron chi connectivity index (χ4n) is 4.35. The quantitative estimate of drug-likeness (QED) is 0.0406. The SMILES string of the molecule is CC(C)C[C@H](N)C(=O)N[C@@H](CCC(=O)O)C(=O)NCC(=O)N[C@@H](CCC(N)=O)C(=O)N[C@@H](C)C(=O)N[C@@H](C)C(=O)N[C@@H](CCCCN)C(=O)O. The zero-order valence-electron chi connectivity index (χ0n) is 28.9. The van der Waals surface area contributed by atoms with E-state index in [-0.39, 0.29) is 31.6 Å². The molecule has 0 radical (unpaired) electrons. The van der Waals surface area contributed by atoms with Crippen molar-refractivity contribution < 1.29 is 53.4 Å². The van der Waals surface area contributed by atoms with Crippen molar-refractivity contribution >= 4 is 53.3 Å². The molecule has 14 N–H and O–H groups in total. The Bertz CT molecular complexity index is 1210. The van der Waals surface area contributed by atoms with Crippen LogP contribution in [0.2, 0.25) is 0 Å². The molecule has 7 amide bonds. The summed E-state index contributed by atoms with van der Waals surface area (Å²) in [5.41, 5.74) is 16.5. The Morgan fingerprint density at radius 1 is 0.620 bits per heavy atom. The van der Waals surface area contributed by atoms with Gasteiger partial charge in [0.05, 0.1) is 12.6 Å². The molecule has 0 bridgehead atoms. The van der Waals surface area contributed by atoms with E-state index in [4.69, 9.17) is 22.3 Å². The molecule has 0 aromatic carbocycles. The maximum absolute atomic E-state index is 13.0. The molecule has 0 rings (SSSR count). The van der Waals surface area contributed by atoms with E-state index in [9.17, 15) is 48.3 Å². The van der Waals surface area contributed by atoms with Crippen molar-refractivity contribution in [2.75, 3.05) is 13.1 Å². The van der Waals surface area contributed by atoms with Gasteiger partial charge in [-0.2, -0.15) is 0 Å². The summed E-state index contributed by atoms with van der Waals surface area (Å²) in [5.74, 6) is -8.24. The molecule has 0 saturated heterocycles. The van der Waals surface area contributed by atoms with Gasteiger partial charge in [-0.1, -0.05) is 13.8 Å². The lowest BCUT2D eigenvalue weighted by atomic mass is 10.0. The molecule has 0 aliphatic carbocycles. The number of hydrogen-bond acceptors (Lipinski definition) is 11. The van der Waals surface area contributed by atoms with Crippen molar-refractivity contribution in [1.29, 1.82) is 0 Å². The Hall–Kier alpha value is -4.85. The molecule has 0 aromatic rings. The van der Waals surface area contributed by atoms with Crippen molar-refractivity contribution in [1.82, 2.24) is 31.9 Å². The van der Waals surface area contributed by atoms with Crippen LogP contribution in [0.15, 0.2) is 0 Å². The summed E-state index contributed by atoms with van der Waals surface area (Å²) in [6.07, 6.45) is 0.0154. The number of primary amides is 1. The van der Waals surface area contributed by atoms with Gasteiger partial charge >= 0.3 is 11.9 Å². The number of amides is 7. The zero-order valence-corrected chi connectivity index (χ0v) is 28.9. The highest BCUT2D eigenvalue weighted by molar-refractivity contribution is 5.96. The van der Waals surface area contributed by atoms with Crippen molar-refractivity contribution in [2.45, 2.75) is 115 Å². The summed E-state index contributed by atoms with van der Waals surface area (Å²) in [4.78, 5) is 110. The molecule has 0 spiro atoms. The van der Waals surface area contributed by atoms with Crippen LogP contribution in [0.4, 0.5) is 0 Å². The van der Waals surface area contributed by atoms with Crippen LogP contribution in [0.3, 0.4) is 0 Å². The number of carboxylic acids is 2. The van der Waals surface area contributed by atoms with Crippen LogP contribution >= 0.6 is 0 Å². The molecular formula is C30H53N9O11. The maximum atomic E-state index is 13.0. The van der Waals surface area contributed by atoms with E-state index >= 15 is 0 Å². The van der Waals surface area contributed by atoms with Crippen LogP contribution in [-0.2, 0) is 43.2 Å². The summed E-state index contributed by atoms with van der Waals surface area (Å²) in [7, 11) is 0. The number of nitrogens with one attached hydrogen (secondary N) is 6. The third-order valence-electron chi connectivity index (χ3n) is 7.16.